The average Bonchev–Trinajstić information content (AvgIpc) is 2.89. The van der Waals surface area contributed by atoms with Crippen LogP contribution in [0.1, 0.15) is 51.2 Å². The highest BCUT2D eigenvalue weighted by molar-refractivity contribution is 5.00. The minimum Gasteiger partial charge on any atom is -0.378 e. The van der Waals surface area contributed by atoms with E-state index in [1.165, 1.54) is 0 Å². The number of ether oxygens (including phenoxy) is 1. The van der Waals surface area contributed by atoms with E-state index in [4.69, 9.17) is 15.0 Å². The van der Waals surface area contributed by atoms with Crippen molar-refractivity contribution >= 4 is 0 Å². The molecule has 2 atom stereocenters. The number of nitrogens with two attached hydrogens (primary N) is 1. The molecule has 2 rings (SSSR count). The van der Waals surface area contributed by atoms with Crippen molar-refractivity contribution in [2.75, 3.05) is 6.61 Å². The maximum Gasteiger partial charge on any atom is 0.246 e. The van der Waals surface area contributed by atoms with Gasteiger partial charge < -0.3 is 15.0 Å². The fourth-order valence-corrected chi connectivity index (χ4v) is 2.20. The Morgan fingerprint density at radius 3 is 3.00 bits per heavy atom. The van der Waals surface area contributed by atoms with Crippen LogP contribution in [-0.4, -0.2) is 22.9 Å². The van der Waals surface area contributed by atoms with Crippen molar-refractivity contribution < 1.29 is 9.26 Å². The highest BCUT2D eigenvalue weighted by Crippen LogP contribution is 2.22. The third-order valence-corrected chi connectivity index (χ3v) is 3.16. The van der Waals surface area contributed by atoms with Crippen molar-refractivity contribution in [1.29, 1.82) is 0 Å². The van der Waals surface area contributed by atoms with Gasteiger partial charge in [-0.1, -0.05) is 18.5 Å². The summed E-state index contributed by atoms with van der Waals surface area (Å²) < 4.78 is 10.8. The summed E-state index contributed by atoms with van der Waals surface area (Å²) in [5.74, 6) is 1.24. The lowest BCUT2D eigenvalue weighted by atomic mass is 9.98. The van der Waals surface area contributed by atoms with Gasteiger partial charge in [-0.2, -0.15) is 4.98 Å². The van der Waals surface area contributed by atoms with Gasteiger partial charge in [0, 0.05) is 13.0 Å². The first-order valence-corrected chi connectivity index (χ1v) is 6.35. The minimum absolute atomic E-state index is 0.246. The van der Waals surface area contributed by atoms with Crippen LogP contribution in [0.5, 0.6) is 0 Å². The molecule has 2 heterocycles. The molecular weight excluding hydrogens is 218 g/mol. The van der Waals surface area contributed by atoms with Crippen LogP contribution in [0.3, 0.4) is 0 Å². The third kappa shape index (κ3) is 3.04. The molecule has 0 bridgehead atoms. The second-order valence-corrected chi connectivity index (χ2v) is 5.02. The normalized spacial score (nSPS) is 23.8. The zero-order chi connectivity index (χ0) is 12.3. The van der Waals surface area contributed by atoms with E-state index >= 15 is 0 Å². The zero-order valence-corrected chi connectivity index (χ0v) is 10.6. The molecule has 0 unspecified atom stereocenters. The summed E-state index contributed by atoms with van der Waals surface area (Å²) in [6.07, 6.45) is 5.02. The lowest BCUT2D eigenvalue weighted by molar-refractivity contribution is 0.109. The second kappa shape index (κ2) is 5.14. The predicted molar refractivity (Wildman–Crippen MR) is 63.4 cm³/mol. The predicted octanol–water partition coefficient (Wildman–Crippen LogP) is 1.77. The maximum absolute atomic E-state index is 6.14. The first-order chi connectivity index (χ1) is 8.12. The molecule has 1 aromatic rings. The number of aromatic nitrogens is 2. The van der Waals surface area contributed by atoms with Gasteiger partial charge in [0.15, 0.2) is 5.82 Å². The summed E-state index contributed by atoms with van der Waals surface area (Å²) in [5.41, 5.74) is 5.63. The van der Waals surface area contributed by atoms with Crippen LogP contribution >= 0.6 is 0 Å². The molecule has 1 aromatic heterocycles. The van der Waals surface area contributed by atoms with Gasteiger partial charge in [0.1, 0.15) is 0 Å². The van der Waals surface area contributed by atoms with Gasteiger partial charge in [0.25, 0.3) is 0 Å². The van der Waals surface area contributed by atoms with E-state index in [1.807, 2.05) is 6.92 Å². The maximum atomic E-state index is 6.14. The van der Waals surface area contributed by atoms with Crippen molar-refractivity contribution in [1.82, 2.24) is 10.1 Å². The number of hydrogen-bond acceptors (Lipinski definition) is 5. The minimum atomic E-state index is -0.517. The highest BCUT2D eigenvalue weighted by atomic mass is 16.5. The number of hydrogen-bond donors (Lipinski definition) is 1. The van der Waals surface area contributed by atoms with E-state index in [-0.39, 0.29) is 6.10 Å². The Kier molecular flexibility index (Phi) is 3.79. The molecule has 5 nitrogen and oxygen atoms in total. The Labute approximate surface area is 102 Å². The molecule has 0 radical (unpaired) electrons. The Bertz CT molecular complexity index is 356. The summed E-state index contributed by atoms with van der Waals surface area (Å²) in [6.45, 7) is 4.87. The van der Waals surface area contributed by atoms with E-state index < -0.39 is 5.54 Å². The summed E-state index contributed by atoms with van der Waals surface area (Å²) >= 11 is 0. The molecule has 96 valence electrons. The molecule has 1 aliphatic rings. The van der Waals surface area contributed by atoms with Crippen LogP contribution in [0.15, 0.2) is 4.52 Å². The molecule has 2 N–H and O–H groups in total. The highest BCUT2D eigenvalue weighted by Gasteiger charge is 2.28. The largest absolute Gasteiger partial charge is 0.378 e. The smallest absolute Gasteiger partial charge is 0.246 e. The van der Waals surface area contributed by atoms with E-state index in [0.717, 1.165) is 38.7 Å². The van der Waals surface area contributed by atoms with Gasteiger partial charge in [-0.25, -0.2) is 0 Å². The first-order valence-electron chi connectivity index (χ1n) is 6.35. The van der Waals surface area contributed by atoms with Crippen molar-refractivity contribution in [2.45, 2.75) is 57.6 Å². The molecule has 0 spiro atoms. The molecule has 0 aliphatic carbocycles. The van der Waals surface area contributed by atoms with Crippen molar-refractivity contribution in [3.63, 3.8) is 0 Å². The van der Waals surface area contributed by atoms with Crippen LogP contribution in [0, 0.1) is 0 Å². The molecule has 1 fully saturated rings. The zero-order valence-electron chi connectivity index (χ0n) is 10.6. The summed E-state index contributed by atoms with van der Waals surface area (Å²) in [7, 11) is 0. The molecular formula is C12H21N3O2. The Hall–Kier alpha value is -0.940. The monoisotopic (exact) mass is 239 g/mol. The first kappa shape index (κ1) is 12.5. The Morgan fingerprint density at radius 2 is 2.35 bits per heavy atom. The Balaban J connectivity index is 1.99. The summed E-state index contributed by atoms with van der Waals surface area (Å²) in [4.78, 5) is 4.38. The van der Waals surface area contributed by atoms with Gasteiger partial charge in [-0.3, -0.25) is 0 Å². The molecule has 17 heavy (non-hydrogen) atoms. The van der Waals surface area contributed by atoms with E-state index in [2.05, 4.69) is 17.1 Å². The lowest BCUT2D eigenvalue weighted by Gasteiger charge is -2.18. The van der Waals surface area contributed by atoms with Crippen LogP contribution in [0.4, 0.5) is 0 Å². The van der Waals surface area contributed by atoms with Gasteiger partial charge in [-0.15, -0.1) is 0 Å². The fraction of sp³-hybridized carbons (Fsp3) is 0.833. The number of rotatable bonds is 5. The van der Waals surface area contributed by atoms with Gasteiger partial charge in [-0.05, 0) is 26.2 Å². The topological polar surface area (TPSA) is 74.2 Å². The van der Waals surface area contributed by atoms with E-state index in [0.29, 0.717) is 11.7 Å². The summed E-state index contributed by atoms with van der Waals surface area (Å²) in [6, 6.07) is 0. The fourth-order valence-electron chi connectivity index (χ4n) is 2.20. The van der Waals surface area contributed by atoms with Crippen LogP contribution in [0.25, 0.3) is 0 Å². The second-order valence-electron chi connectivity index (χ2n) is 5.02. The van der Waals surface area contributed by atoms with Crippen molar-refractivity contribution in [3.8, 4) is 0 Å². The molecule has 1 saturated heterocycles. The van der Waals surface area contributed by atoms with Crippen molar-refractivity contribution in [2.24, 2.45) is 5.73 Å². The standard InChI is InChI=1S/C12H21N3O2/c1-3-6-12(2,13)11-14-10(15-17-11)8-9-5-4-7-16-9/h9H,3-8,13H2,1-2H3/t9-,12+/m0/s1. The quantitative estimate of drug-likeness (QED) is 0.847. The van der Waals surface area contributed by atoms with Gasteiger partial charge >= 0.3 is 0 Å². The lowest BCUT2D eigenvalue weighted by Crippen LogP contribution is -2.33. The van der Waals surface area contributed by atoms with Crippen molar-refractivity contribution in [3.05, 3.63) is 11.7 Å². The third-order valence-electron chi connectivity index (χ3n) is 3.16. The van der Waals surface area contributed by atoms with Gasteiger partial charge in [0.2, 0.25) is 5.89 Å². The summed E-state index contributed by atoms with van der Waals surface area (Å²) in [5, 5.41) is 3.98. The molecule has 0 saturated carbocycles. The molecule has 5 heteroatoms. The molecule has 0 aromatic carbocycles. The van der Waals surface area contributed by atoms with Crippen LogP contribution in [0.2, 0.25) is 0 Å². The SMILES string of the molecule is CCC[C@@](C)(N)c1nc(C[C@@H]2CCCO2)no1. The van der Waals surface area contributed by atoms with Crippen LogP contribution < -0.4 is 5.73 Å². The molecule has 0 amide bonds. The number of nitrogens with zero attached hydrogens (tertiary/aromatic N) is 2. The Morgan fingerprint density at radius 1 is 1.53 bits per heavy atom. The van der Waals surface area contributed by atoms with Gasteiger partial charge in [0.05, 0.1) is 11.6 Å². The van der Waals surface area contributed by atoms with E-state index in [9.17, 15) is 0 Å². The average molecular weight is 239 g/mol. The molecule has 1 aliphatic heterocycles. The van der Waals surface area contributed by atoms with E-state index in [1.54, 1.807) is 0 Å². The van der Waals surface area contributed by atoms with Crippen LogP contribution in [-0.2, 0) is 16.7 Å².